The molecule has 1 aliphatic rings. The van der Waals surface area contributed by atoms with E-state index in [-0.39, 0.29) is 0 Å². The number of rotatable bonds is 10. The molecule has 3 heterocycles. The average Bonchev–Trinajstić information content (AvgIpc) is 3.77. The van der Waals surface area contributed by atoms with E-state index >= 15 is 0 Å². The number of aromatic nitrogens is 2. The van der Waals surface area contributed by atoms with Gasteiger partial charge in [0.05, 0.1) is 17.3 Å². The molecule has 1 unspecified atom stereocenters. The van der Waals surface area contributed by atoms with E-state index in [2.05, 4.69) is 63.9 Å². The quantitative estimate of drug-likeness (QED) is 0.109. The molecule has 7 nitrogen and oxygen atoms in total. The van der Waals surface area contributed by atoms with Gasteiger partial charge in [-0.15, -0.1) is 11.3 Å². The molecule has 5 aromatic rings. The van der Waals surface area contributed by atoms with E-state index in [4.69, 9.17) is 11.6 Å². The molecule has 1 saturated heterocycles. The van der Waals surface area contributed by atoms with Crippen LogP contribution in [0.1, 0.15) is 68.7 Å². The summed E-state index contributed by atoms with van der Waals surface area (Å²) in [6.45, 7) is 8.88. The summed E-state index contributed by atoms with van der Waals surface area (Å²) in [5, 5.41) is 9.62. The SMILES string of the molecule is Cc1cc(C=O)nc(-c2cccc(Cl)c2)c1.Cc1ccccc1.Cc1csc(C2CCCN2C)n1.O=CNCCCNCc1cccc(C(F)(F)F)c1. The number of halogens is 4. The molecule has 3 aromatic carbocycles. The molecule has 0 aliphatic carbocycles. The lowest BCUT2D eigenvalue weighted by Gasteiger charge is -2.16. The number of nitrogens with zero attached hydrogens (tertiary/aromatic N) is 3. The molecule has 1 aliphatic heterocycles. The molecule has 2 aromatic heterocycles. The maximum atomic E-state index is 12.4. The van der Waals surface area contributed by atoms with Crippen LogP contribution < -0.4 is 10.6 Å². The normalized spacial score (nSPS) is 13.7. The Morgan fingerprint density at radius 2 is 1.66 bits per heavy atom. The van der Waals surface area contributed by atoms with Crippen molar-refractivity contribution in [1.29, 1.82) is 0 Å². The molecule has 12 heteroatoms. The van der Waals surface area contributed by atoms with Gasteiger partial charge in [-0.2, -0.15) is 13.2 Å². The van der Waals surface area contributed by atoms with Crippen LogP contribution in [0, 0.1) is 20.8 Å². The molecule has 1 fully saturated rings. The van der Waals surface area contributed by atoms with E-state index in [0.29, 0.717) is 48.4 Å². The minimum atomic E-state index is -4.30. The second-order valence-corrected chi connectivity index (χ2v) is 13.8. The second kappa shape index (κ2) is 22.6. The minimum absolute atomic E-state index is 0.380. The highest BCUT2D eigenvalue weighted by Crippen LogP contribution is 2.32. The zero-order valence-corrected chi connectivity index (χ0v) is 32.1. The first-order chi connectivity index (χ1) is 25.4. The van der Waals surface area contributed by atoms with Crippen molar-refractivity contribution < 1.29 is 22.8 Å². The minimum Gasteiger partial charge on any atom is -0.359 e. The number of alkyl halides is 3. The fourth-order valence-electron chi connectivity index (χ4n) is 5.30. The third kappa shape index (κ3) is 16.0. The summed E-state index contributed by atoms with van der Waals surface area (Å²) in [7, 11) is 2.19. The molecular weight excluding hydrogens is 719 g/mol. The van der Waals surface area contributed by atoms with Crippen LogP contribution in [0.4, 0.5) is 13.2 Å². The third-order valence-electron chi connectivity index (χ3n) is 7.95. The Hall–Kier alpha value is -4.42. The van der Waals surface area contributed by atoms with Gasteiger partial charge in [-0.1, -0.05) is 77.8 Å². The van der Waals surface area contributed by atoms with E-state index < -0.39 is 11.7 Å². The molecular formula is C41H47ClF3N5O2S. The molecule has 2 N–H and O–H groups in total. The first-order valence-corrected chi connectivity index (χ1v) is 18.5. The van der Waals surface area contributed by atoms with Crippen molar-refractivity contribution in [3.8, 4) is 11.3 Å². The number of thiazole rings is 1. The van der Waals surface area contributed by atoms with Gasteiger partial charge in [0, 0.05) is 34.7 Å². The van der Waals surface area contributed by atoms with Crippen molar-refractivity contribution in [2.24, 2.45) is 0 Å². The Balaban J connectivity index is 0.000000198. The number of hydrogen-bond acceptors (Lipinski definition) is 7. The average molecular weight is 766 g/mol. The van der Waals surface area contributed by atoms with Gasteiger partial charge in [-0.05, 0) is 102 Å². The first kappa shape index (κ1) is 43.0. The predicted molar refractivity (Wildman–Crippen MR) is 209 cm³/mol. The van der Waals surface area contributed by atoms with Crippen LogP contribution in [0.25, 0.3) is 11.3 Å². The number of likely N-dealkylation sites (tertiary alicyclic amines) is 1. The summed E-state index contributed by atoms with van der Waals surface area (Å²) in [6.07, 6.45) is 0.401. The second-order valence-electron chi connectivity index (χ2n) is 12.5. The first-order valence-electron chi connectivity index (χ1n) is 17.3. The number of aryl methyl sites for hydroxylation is 3. The largest absolute Gasteiger partial charge is 0.416 e. The van der Waals surface area contributed by atoms with Gasteiger partial charge in [0.2, 0.25) is 6.41 Å². The van der Waals surface area contributed by atoms with Crippen LogP contribution in [-0.4, -0.2) is 54.2 Å². The van der Waals surface area contributed by atoms with Crippen LogP contribution in [0.15, 0.2) is 96.4 Å². The Kier molecular flexibility index (Phi) is 18.3. The number of benzene rings is 3. The molecule has 0 saturated carbocycles. The van der Waals surface area contributed by atoms with Crippen molar-refractivity contribution in [2.45, 2.75) is 58.8 Å². The highest BCUT2D eigenvalue weighted by molar-refractivity contribution is 7.09. The monoisotopic (exact) mass is 765 g/mol. The molecule has 6 rings (SSSR count). The van der Waals surface area contributed by atoms with Crippen LogP contribution in [0.3, 0.4) is 0 Å². The number of carbonyl (C=O) groups excluding carboxylic acids is 2. The number of amides is 1. The fourth-order valence-corrected chi connectivity index (χ4v) is 6.48. The van der Waals surface area contributed by atoms with Crippen molar-refractivity contribution >= 4 is 35.6 Å². The van der Waals surface area contributed by atoms with Crippen LogP contribution in [0.2, 0.25) is 5.02 Å². The topological polar surface area (TPSA) is 87.2 Å². The van der Waals surface area contributed by atoms with Crippen LogP contribution in [-0.2, 0) is 17.5 Å². The Morgan fingerprint density at radius 1 is 0.906 bits per heavy atom. The van der Waals surface area contributed by atoms with Gasteiger partial charge >= 0.3 is 6.18 Å². The Morgan fingerprint density at radius 3 is 2.25 bits per heavy atom. The molecule has 0 spiro atoms. The van der Waals surface area contributed by atoms with E-state index in [1.807, 2.05) is 55.5 Å². The molecule has 1 amide bonds. The van der Waals surface area contributed by atoms with E-state index in [9.17, 15) is 22.8 Å². The van der Waals surface area contributed by atoms with Gasteiger partial charge in [0.1, 0.15) is 10.7 Å². The maximum Gasteiger partial charge on any atom is 0.416 e. The number of hydrogen-bond donors (Lipinski definition) is 2. The van der Waals surface area contributed by atoms with Crippen LogP contribution in [0.5, 0.6) is 0 Å². The van der Waals surface area contributed by atoms with Crippen molar-refractivity contribution in [3.63, 3.8) is 0 Å². The maximum absolute atomic E-state index is 12.4. The highest BCUT2D eigenvalue weighted by atomic mass is 35.5. The highest BCUT2D eigenvalue weighted by Gasteiger charge is 2.30. The zero-order chi connectivity index (χ0) is 38.6. The molecule has 1 atom stereocenters. The molecule has 0 bridgehead atoms. The molecule has 282 valence electrons. The summed E-state index contributed by atoms with van der Waals surface area (Å²) in [6, 6.07) is 27.2. The summed E-state index contributed by atoms with van der Waals surface area (Å²) in [5.74, 6) is 0. The van der Waals surface area contributed by atoms with Crippen molar-refractivity contribution in [2.75, 3.05) is 26.7 Å². The van der Waals surface area contributed by atoms with E-state index in [0.717, 1.165) is 47.4 Å². The van der Waals surface area contributed by atoms with Crippen LogP contribution >= 0.6 is 22.9 Å². The lowest BCUT2D eigenvalue weighted by molar-refractivity contribution is -0.137. The summed E-state index contributed by atoms with van der Waals surface area (Å²) in [4.78, 5) is 31.8. The lowest BCUT2D eigenvalue weighted by Crippen LogP contribution is -2.21. The summed E-state index contributed by atoms with van der Waals surface area (Å²) in [5.41, 5.74) is 5.57. The number of carbonyl (C=O) groups is 2. The van der Waals surface area contributed by atoms with Gasteiger partial charge in [0.25, 0.3) is 0 Å². The predicted octanol–water partition coefficient (Wildman–Crippen LogP) is 9.67. The fraction of sp³-hybridized carbons (Fsp3) is 0.317. The summed E-state index contributed by atoms with van der Waals surface area (Å²) < 4.78 is 37.3. The lowest BCUT2D eigenvalue weighted by atomic mass is 10.1. The number of aldehydes is 1. The summed E-state index contributed by atoms with van der Waals surface area (Å²) >= 11 is 7.71. The number of nitrogens with one attached hydrogen (secondary N) is 2. The molecule has 53 heavy (non-hydrogen) atoms. The van der Waals surface area contributed by atoms with Gasteiger partial charge in [-0.3, -0.25) is 14.5 Å². The zero-order valence-electron chi connectivity index (χ0n) is 30.5. The van der Waals surface area contributed by atoms with Gasteiger partial charge < -0.3 is 10.6 Å². The van der Waals surface area contributed by atoms with Gasteiger partial charge in [-0.25, -0.2) is 9.97 Å². The smallest absolute Gasteiger partial charge is 0.359 e. The Labute approximate surface area is 319 Å². The van der Waals surface area contributed by atoms with Gasteiger partial charge in [0.15, 0.2) is 6.29 Å². The van der Waals surface area contributed by atoms with Crippen molar-refractivity contribution in [3.05, 3.63) is 140 Å². The standard InChI is InChI=1S/C13H10ClNO.C12H15F3N2O.C9H14N2S.C7H8/c1-9-5-12(8-16)15-13(6-9)10-3-2-4-11(14)7-10;13-12(14,15)11-4-1-3-10(7-11)8-16-5-2-6-17-9-18;1-7-6-12-9(10-7)8-4-3-5-11(8)2;1-7-5-3-2-4-6-7/h2-8H,1H3;1,3-4,7,9,16H,2,5-6,8H2,(H,17,18);6,8H,3-5H2,1-2H3;2-6H,1H3. The Bertz CT molecular complexity index is 1840. The van der Waals surface area contributed by atoms with E-state index in [1.165, 1.54) is 36.0 Å². The van der Waals surface area contributed by atoms with E-state index in [1.54, 1.807) is 23.5 Å². The third-order valence-corrected chi connectivity index (χ3v) is 9.25. The molecule has 0 radical (unpaired) electrons. The van der Waals surface area contributed by atoms with Crippen molar-refractivity contribution in [1.82, 2.24) is 25.5 Å². The number of pyridine rings is 1.